The van der Waals surface area contributed by atoms with Crippen LogP contribution in [0.15, 0.2) is 33.5 Å². The van der Waals surface area contributed by atoms with E-state index in [1.807, 2.05) is 0 Å². The van der Waals surface area contributed by atoms with Crippen molar-refractivity contribution in [2.24, 2.45) is 0 Å². The zero-order valence-electron chi connectivity index (χ0n) is 13.2. The quantitative estimate of drug-likeness (QED) is 0.532. The lowest BCUT2D eigenvalue weighted by atomic mass is 10.1. The maximum Gasteiger partial charge on any atom is 0.239 e. The first-order chi connectivity index (χ1) is 11.9. The normalized spacial score (nSPS) is 10.8. The Kier molecular flexibility index (Phi) is 3.80. The molecule has 8 heteroatoms. The van der Waals surface area contributed by atoms with Crippen LogP contribution < -0.4 is 14.9 Å². The van der Waals surface area contributed by atoms with Crippen LogP contribution >= 0.6 is 0 Å². The minimum absolute atomic E-state index is 0.00236. The molecule has 0 unspecified atom stereocenters. The average molecular weight is 346 g/mol. The van der Waals surface area contributed by atoms with Crippen molar-refractivity contribution in [3.8, 4) is 45.8 Å². The Bertz CT molecular complexity index is 1040. The third-order valence-corrected chi connectivity index (χ3v) is 3.70. The van der Waals surface area contributed by atoms with E-state index in [1.165, 1.54) is 32.4 Å². The number of hydrogen-bond donors (Lipinski definition) is 4. The molecule has 1 aromatic heterocycles. The van der Waals surface area contributed by atoms with Crippen molar-refractivity contribution < 1.29 is 34.3 Å². The second-order valence-corrected chi connectivity index (χ2v) is 5.15. The summed E-state index contributed by atoms with van der Waals surface area (Å²) in [5.74, 6) is -2.25. The zero-order chi connectivity index (χ0) is 18.3. The van der Waals surface area contributed by atoms with Crippen molar-refractivity contribution in [3.63, 3.8) is 0 Å². The van der Waals surface area contributed by atoms with Gasteiger partial charge in [-0.25, -0.2) is 0 Å². The van der Waals surface area contributed by atoms with Gasteiger partial charge in [0.2, 0.25) is 16.9 Å². The third kappa shape index (κ3) is 2.44. The first-order valence-electron chi connectivity index (χ1n) is 7.05. The van der Waals surface area contributed by atoms with Crippen LogP contribution in [0.25, 0.3) is 22.3 Å². The van der Waals surface area contributed by atoms with Gasteiger partial charge in [-0.15, -0.1) is 0 Å². The van der Waals surface area contributed by atoms with Gasteiger partial charge in [0.1, 0.15) is 11.1 Å². The Balaban J connectivity index is 2.46. The van der Waals surface area contributed by atoms with Crippen LogP contribution in [-0.4, -0.2) is 34.6 Å². The van der Waals surface area contributed by atoms with Gasteiger partial charge in [-0.05, 0) is 18.2 Å². The van der Waals surface area contributed by atoms with E-state index in [1.54, 1.807) is 0 Å². The standard InChI is InChI=1S/C17H14O8/c1-23-11-6-10(20)13(21)16-12(11)14(22)17(24-2)15(25-16)7-3-4-8(18)9(19)5-7/h3-6,18-21H,1-2H3. The number of aromatic hydroxyl groups is 4. The number of hydrogen-bond acceptors (Lipinski definition) is 8. The first kappa shape index (κ1) is 16.3. The minimum Gasteiger partial charge on any atom is -0.504 e. The Labute approximate surface area is 140 Å². The monoisotopic (exact) mass is 346 g/mol. The Morgan fingerprint density at radius 3 is 2.24 bits per heavy atom. The molecule has 0 aliphatic carbocycles. The van der Waals surface area contributed by atoms with Crippen LogP contribution in [0.1, 0.15) is 0 Å². The highest BCUT2D eigenvalue weighted by molar-refractivity contribution is 5.93. The number of benzene rings is 2. The summed E-state index contributed by atoms with van der Waals surface area (Å²) in [6.07, 6.45) is 0. The summed E-state index contributed by atoms with van der Waals surface area (Å²) < 4.78 is 15.8. The van der Waals surface area contributed by atoms with E-state index < -0.39 is 22.7 Å². The van der Waals surface area contributed by atoms with E-state index >= 15 is 0 Å². The second-order valence-electron chi connectivity index (χ2n) is 5.15. The fourth-order valence-corrected chi connectivity index (χ4v) is 2.49. The fourth-order valence-electron chi connectivity index (χ4n) is 2.49. The third-order valence-electron chi connectivity index (χ3n) is 3.70. The van der Waals surface area contributed by atoms with Crippen molar-refractivity contribution >= 4 is 11.0 Å². The molecular formula is C17H14O8. The minimum atomic E-state index is -0.640. The molecule has 0 aliphatic rings. The Hall–Kier alpha value is -3.55. The summed E-state index contributed by atoms with van der Waals surface area (Å²) in [6.45, 7) is 0. The van der Waals surface area contributed by atoms with Crippen LogP contribution in [0.2, 0.25) is 0 Å². The van der Waals surface area contributed by atoms with Crippen LogP contribution in [-0.2, 0) is 0 Å². The maximum absolute atomic E-state index is 12.8. The van der Waals surface area contributed by atoms with E-state index in [2.05, 4.69) is 0 Å². The molecule has 0 radical (unpaired) electrons. The molecular weight excluding hydrogens is 332 g/mol. The van der Waals surface area contributed by atoms with Crippen molar-refractivity contribution in [3.05, 3.63) is 34.5 Å². The molecule has 3 rings (SSSR count). The number of methoxy groups -OCH3 is 2. The predicted octanol–water partition coefficient (Wildman–Crippen LogP) is 2.30. The highest BCUT2D eigenvalue weighted by atomic mass is 16.5. The van der Waals surface area contributed by atoms with Crippen molar-refractivity contribution in [2.75, 3.05) is 14.2 Å². The van der Waals surface area contributed by atoms with E-state index in [9.17, 15) is 25.2 Å². The molecule has 3 aromatic rings. The number of ether oxygens (including phenoxy) is 2. The van der Waals surface area contributed by atoms with Gasteiger partial charge in [0.05, 0.1) is 14.2 Å². The van der Waals surface area contributed by atoms with Gasteiger partial charge in [-0.1, -0.05) is 0 Å². The second kappa shape index (κ2) is 5.82. The lowest BCUT2D eigenvalue weighted by Crippen LogP contribution is -2.09. The van der Waals surface area contributed by atoms with Gasteiger partial charge >= 0.3 is 0 Å². The summed E-state index contributed by atoms with van der Waals surface area (Å²) in [6, 6.07) is 4.84. The van der Waals surface area contributed by atoms with Gasteiger partial charge in [0.15, 0.2) is 28.6 Å². The topological polar surface area (TPSA) is 130 Å². The zero-order valence-corrected chi connectivity index (χ0v) is 13.2. The van der Waals surface area contributed by atoms with Crippen LogP contribution in [0.4, 0.5) is 0 Å². The molecule has 0 fully saturated rings. The van der Waals surface area contributed by atoms with Crippen LogP contribution in [0, 0.1) is 0 Å². The molecule has 1 heterocycles. The van der Waals surface area contributed by atoms with Gasteiger partial charge in [-0.2, -0.15) is 0 Å². The molecule has 0 saturated heterocycles. The number of phenols is 4. The van der Waals surface area contributed by atoms with Gasteiger partial charge in [0, 0.05) is 11.6 Å². The predicted molar refractivity (Wildman–Crippen MR) is 87.7 cm³/mol. The molecule has 130 valence electrons. The van der Waals surface area contributed by atoms with Crippen molar-refractivity contribution in [1.82, 2.24) is 0 Å². The van der Waals surface area contributed by atoms with Gasteiger partial charge in [-0.3, -0.25) is 4.79 Å². The molecule has 8 nitrogen and oxygen atoms in total. The maximum atomic E-state index is 12.8. The van der Waals surface area contributed by atoms with E-state index in [0.717, 1.165) is 6.07 Å². The number of fused-ring (bicyclic) bond motifs is 1. The van der Waals surface area contributed by atoms with Gasteiger partial charge in [0.25, 0.3) is 0 Å². The number of rotatable bonds is 3. The molecule has 0 bridgehead atoms. The first-order valence-corrected chi connectivity index (χ1v) is 7.05. The van der Waals surface area contributed by atoms with E-state index in [0.29, 0.717) is 0 Å². The smallest absolute Gasteiger partial charge is 0.239 e. The molecule has 0 saturated carbocycles. The average Bonchev–Trinajstić information content (AvgIpc) is 2.60. The van der Waals surface area contributed by atoms with E-state index in [4.69, 9.17) is 13.9 Å². The summed E-state index contributed by atoms with van der Waals surface area (Å²) in [7, 11) is 2.55. The largest absolute Gasteiger partial charge is 0.504 e. The summed E-state index contributed by atoms with van der Waals surface area (Å²) in [4.78, 5) is 12.8. The lowest BCUT2D eigenvalue weighted by Gasteiger charge is -2.13. The molecule has 0 amide bonds. The van der Waals surface area contributed by atoms with Crippen LogP contribution in [0.5, 0.6) is 34.5 Å². The molecule has 0 atom stereocenters. The Morgan fingerprint density at radius 1 is 0.920 bits per heavy atom. The molecule has 0 spiro atoms. The van der Waals surface area contributed by atoms with Crippen LogP contribution in [0.3, 0.4) is 0 Å². The molecule has 4 N–H and O–H groups in total. The molecule has 25 heavy (non-hydrogen) atoms. The van der Waals surface area contributed by atoms with Crippen molar-refractivity contribution in [1.29, 1.82) is 0 Å². The van der Waals surface area contributed by atoms with E-state index in [-0.39, 0.29) is 39.5 Å². The SMILES string of the molecule is COc1c(-c2ccc(O)c(O)c2)oc2c(O)c(O)cc(OC)c2c1=O. The van der Waals surface area contributed by atoms with Gasteiger partial charge < -0.3 is 34.3 Å². The Morgan fingerprint density at radius 2 is 1.64 bits per heavy atom. The summed E-state index contributed by atoms with van der Waals surface area (Å²) >= 11 is 0. The highest BCUT2D eigenvalue weighted by Crippen LogP contribution is 2.43. The van der Waals surface area contributed by atoms with Crippen molar-refractivity contribution in [2.45, 2.75) is 0 Å². The molecule has 2 aromatic carbocycles. The summed E-state index contributed by atoms with van der Waals surface area (Å²) in [5.41, 5.74) is -0.725. The fraction of sp³-hybridized carbons (Fsp3) is 0.118. The summed E-state index contributed by atoms with van der Waals surface area (Å²) in [5, 5.41) is 38.8. The lowest BCUT2D eigenvalue weighted by molar-refractivity contribution is 0.377. The number of phenolic OH excluding ortho intramolecular Hbond substituents is 4. The highest BCUT2D eigenvalue weighted by Gasteiger charge is 2.24. The molecule has 0 aliphatic heterocycles.